The van der Waals surface area contributed by atoms with Crippen LogP contribution in [0.3, 0.4) is 0 Å². The lowest BCUT2D eigenvalue weighted by Gasteiger charge is -2.14. The zero-order valence-electron chi connectivity index (χ0n) is 13.5. The fourth-order valence-electron chi connectivity index (χ4n) is 2.30. The number of hydrogen-bond donors (Lipinski definition) is 1. The maximum Gasteiger partial charge on any atom is 0.220 e. The van der Waals surface area contributed by atoms with Gasteiger partial charge in [0.15, 0.2) is 0 Å². The van der Waals surface area contributed by atoms with Gasteiger partial charge >= 0.3 is 0 Å². The van der Waals surface area contributed by atoms with Gasteiger partial charge in [-0.3, -0.25) is 9.48 Å². The quantitative estimate of drug-likeness (QED) is 0.852. The molecule has 0 bridgehead atoms. The molecule has 0 aliphatic heterocycles. The van der Waals surface area contributed by atoms with Crippen molar-refractivity contribution < 1.29 is 4.79 Å². The third kappa shape index (κ3) is 4.91. The van der Waals surface area contributed by atoms with Crippen LogP contribution in [-0.4, -0.2) is 35.8 Å². The summed E-state index contributed by atoms with van der Waals surface area (Å²) in [6.45, 7) is 2.68. The van der Waals surface area contributed by atoms with Crippen LogP contribution in [0.4, 0.5) is 5.69 Å². The maximum atomic E-state index is 12.0. The Hall–Kier alpha value is -2.30. The second-order valence-electron chi connectivity index (χ2n) is 5.76. The predicted molar refractivity (Wildman–Crippen MR) is 88.9 cm³/mol. The van der Waals surface area contributed by atoms with Crippen molar-refractivity contribution in [2.45, 2.75) is 32.4 Å². The smallest absolute Gasteiger partial charge is 0.220 e. The molecule has 0 saturated heterocycles. The first kappa shape index (κ1) is 16.1. The SMILES string of the molecule is C[C@@H](Cn1cccn1)NC(=O)CCc1ccc(N(C)C)cc1. The molecule has 0 aliphatic carbocycles. The van der Waals surface area contributed by atoms with Crippen LogP contribution in [0.2, 0.25) is 0 Å². The molecule has 2 rings (SSSR count). The fraction of sp³-hybridized carbons (Fsp3) is 0.412. The van der Waals surface area contributed by atoms with Gasteiger partial charge in [-0.25, -0.2) is 0 Å². The zero-order chi connectivity index (χ0) is 15.9. The summed E-state index contributed by atoms with van der Waals surface area (Å²) in [7, 11) is 4.03. The number of amides is 1. The van der Waals surface area contributed by atoms with Gasteiger partial charge < -0.3 is 10.2 Å². The molecule has 1 atom stereocenters. The van der Waals surface area contributed by atoms with Crippen molar-refractivity contribution >= 4 is 11.6 Å². The predicted octanol–water partition coefficient (Wildman–Crippen LogP) is 2.09. The van der Waals surface area contributed by atoms with Crippen molar-refractivity contribution in [3.05, 3.63) is 48.3 Å². The minimum Gasteiger partial charge on any atom is -0.378 e. The molecule has 0 radical (unpaired) electrons. The molecule has 0 spiro atoms. The van der Waals surface area contributed by atoms with E-state index in [1.807, 2.05) is 38.0 Å². The van der Waals surface area contributed by atoms with E-state index < -0.39 is 0 Å². The minimum atomic E-state index is 0.0727. The summed E-state index contributed by atoms with van der Waals surface area (Å²) in [5.41, 5.74) is 2.35. The van der Waals surface area contributed by atoms with Crippen LogP contribution < -0.4 is 10.2 Å². The third-order valence-electron chi connectivity index (χ3n) is 3.52. The molecule has 1 heterocycles. The van der Waals surface area contributed by atoms with E-state index in [4.69, 9.17) is 0 Å². The summed E-state index contributed by atoms with van der Waals surface area (Å²) in [4.78, 5) is 14.0. The van der Waals surface area contributed by atoms with Gasteiger partial charge in [0.25, 0.3) is 0 Å². The van der Waals surface area contributed by atoms with Gasteiger partial charge in [0.2, 0.25) is 5.91 Å². The number of hydrogen-bond acceptors (Lipinski definition) is 3. The second-order valence-corrected chi connectivity index (χ2v) is 5.76. The van der Waals surface area contributed by atoms with E-state index in [0.717, 1.165) is 6.42 Å². The minimum absolute atomic E-state index is 0.0727. The zero-order valence-corrected chi connectivity index (χ0v) is 13.5. The highest BCUT2D eigenvalue weighted by Gasteiger charge is 2.08. The molecular weight excluding hydrogens is 276 g/mol. The maximum absolute atomic E-state index is 12.0. The van der Waals surface area contributed by atoms with E-state index in [2.05, 4.69) is 39.6 Å². The Balaban J connectivity index is 1.75. The molecule has 0 unspecified atom stereocenters. The highest BCUT2D eigenvalue weighted by Crippen LogP contribution is 2.13. The molecule has 5 heteroatoms. The highest BCUT2D eigenvalue weighted by molar-refractivity contribution is 5.76. The van der Waals surface area contributed by atoms with Crippen molar-refractivity contribution in [2.24, 2.45) is 0 Å². The Bertz CT molecular complexity index is 575. The number of benzene rings is 1. The highest BCUT2D eigenvalue weighted by atomic mass is 16.1. The van der Waals surface area contributed by atoms with Gasteiger partial charge in [0.1, 0.15) is 0 Å². The molecule has 22 heavy (non-hydrogen) atoms. The van der Waals surface area contributed by atoms with E-state index in [0.29, 0.717) is 13.0 Å². The monoisotopic (exact) mass is 300 g/mol. The molecule has 0 aliphatic rings. The molecule has 2 aromatic rings. The van der Waals surface area contributed by atoms with Crippen LogP contribution in [-0.2, 0) is 17.8 Å². The first-order valence-electron chi connectivity index (χ1n) is 7.57. The summed E-state index contributed by atoms with van der Waals surface area (Å²) < 4.78 is 1.82. The van der Waals surface area contributed by atoms with Gasteiger partial charge in [-0.1, -0.05) is 12.1 Å². The number of carbonyl (C=O) groups is 1. The summed E-state index contributed by atoms with van der Waals surface area (Å²) in [5.74, 6) is 0.0799. The van der Waals surface area contributed by atoms with Crippen LogP contribution in [0.15, 0.2) is 42.7 Å². The van der Waals surface area contributed by atoms with Crippen LogP contribution in [0.1, 0.15) is 18.9 Å². The second kappa shape index (κ2) is 7.64. The van der Waals surface area contributed by atoms with Gasteiger partial charge in [-0.05, 0) is 37.1 Å². The fourth-order valence-corrected chi connectivity index (χ4v) is 2.30. The van der Waals surface area contributed by atoms with Crippen LogP contribution in [0.25, 0.3) is 0 Å². The van der Waals surface area contributed by atoms with E-state index >= 15 is 0 Å². The number of anilines is 1. The Morgan fingerprint density at radius 1 is 1.32 bits per heavy atom. The summed E-state index contributed by atoms with van der Waals surface area (Å²) in [6.07, 6.45) is 4.90. The van der Waals surface area contributed by atoms with Crippen molar-refractivity contribution in [1.82, 2.24) is 15.1 Å². The number of rotatable bonds is 7. The lowest BCUT2D eigenvalue weighted by Crippen LogP contribution is -2.35. The van der Waals surface area contributed by atoms with Gasteiger partial charge in [-0.15, -0.1) is 0 Å². The first-order valence-corrected chi connectivity index (χ1v) is 7.57. The van der Waals surface area contributed by atoms with E-state index in [1.165, 1.54) is 11.3 Å². The first-order chi connectivity index (χ1) is 10.5. The van der Waals surface area contributed by atoms with Crippen LogP contribution in [0, 0.1) is 0 Å². The van der Waals surface area contributed by atoms with E-state index in [1.54, 1.807) is 6.20 Å². The molecule has 1 aromatic heterocycles. The summed E-state index contributed by atoms with van der Waals surface area (Å²) >= 11 is 0. The standard InChI is InChI=1S/C17H24N4O/c1-14(13-21-12-4-11-18-21)19-17(22)10-7-15-5-8-16(9-6-15)20(2)3/h4-6,8-9,11-12,14H,7,10,13H2,1-3H3,(H,19,22)/t14-/m0/s1. The molecule has 1 aromatic carbocycles. The molecule has 118 valence electrons. The normalized spacial score (nSPS) is 12.0. The van der Waals surface area contributed by atoms with Crippen LogP contribution in [0.5, 0.6) is 0 Å². The summed E-state index contributed by atoms with van der Waals surface area (Å²) in [5, 5.41) is 7.15. The van der Waals surface area contributed by atoms with Crippen molar-refractivity contribution in [2.75, 3.05) is 19.0 Å². The Morgan fingerprint density at radius 3 is 2.64 bits per heavy atom. The number of aryl methyl sites for hydroxylation is 1. The topological polar surface area (TPSA) is 50.2 Å². The Labute approximate surface area is 131 Å². The van der Waals surface area contributed by atoms with Gasteiger partial charge in [0.05, 0.1) is 6.54 Å². The van der Waals surface area contributed by atoms with Crippen LogP contribution >= 0.6 is 0 Å². The molecule has 0 fully saturated rings. The Kier molecular flexibility index (Phi) is 5.58. The molecule has 0 saturated carbocycles. The number of nitrogens with zero attached hydrogens (tertiary/aromatic N) is 3. The van der Waals surface area contributed by atoms with Crippen molar-refractivity contribution in [1.29, 1.82) is 0 Å². The van der Waals surface area contributed by atoms with Crippen molar-refractivity contribution in [3.8, 4) is 0 Å². The summed E-state index contributed by atoms with van der Waals surface area (Å²) in [6, 6.07) is 10.3. The van der Waals surface area contributed by atoms with Gasteiger partial charge in [0, 0.05) is 44.6 Å². The molecule has 1 N–H and O–H groups in total. The average molecular weight is 300 g/mol. The largest absolute Gasteiger partial charge is 0.378 e. The average Bonchev–Trinajstić information content (AvgIpc) is 2.98. The number of nitrogens with one attached hydrogen (secondary N) is 1. The van der Waals surface area contributed by atoms with Crippen molar-refractivity contribution in [3.63, 3.8) is 0 Å². The Morgan fingerprint density at radius 2 is 2.05 bits per heavy atom. The molecular formula is C17H24N4O. The lowest BCUT2D eigenvalue weighted by molar-refractivity contribution is -0.121. The van der Waals surface area contributed by atoms with E-state index in [-0.39, 0.29) is 11.9 Å². The molecule has 1 amide bonds. The molecule has 5 nitrogen and oxygen atoms in total. The number of carbonyl (C=O) groups excluding carboxylic acids is 1. The van der Waals surface area contributed by atoms with E-state index in [9.17, 15) is 4.79 Å². The third-order valence-corrected chi connectivity index (χ3v) is 3.52. The lowest BCUT2D eigenvalue weighted by atomic mass is 10.1. The number of aromatic nitrogens is 2. The van der Waals surface area contributed by atoms with Gasteiger partial charge in [-0.2, -0.15) is 5.10 Å².